The molecule has 0 bridgehead atoms. The van der Waals surface area contributed by atoms with Crippen LogP contribution in [0.4, 0.5) is 0 Å². The van der Waals surface area contributed by atoms with Crippen LogP contribution in [0.5, 0.6) is 0 Å². The molecule has 0 radical (unpaired) electrons. The first-order chi connectivity index (χ1) is 12.6. The largest absolute Gasteiger partial charge is 0.329 e. The number of carbonyl (C=O) groups excluding carboxylic acids is 1. The molecule has 2 aromatic rings. The van der Waals surface area contributed by atoms with Crippen molar-refractivity contribution in [1.29, 1.82) is 0 Å². The summed E-state index contributed by atoms with van der Waals surface area (Å²) >= 11 is 12.1. The fourth-order valence-corrected chi connectivity index (χ4v) is 4.04. The predicted molar refractivity (Wildman–Crippen MR) is 98.1 cm³/mol. The van der Waals surface area contributed by atoms with Gasteiger partial charge in [0.2, 0.25) is 5.91 Å². The zero-order valence-electron chi connectivity index (χ0n) is 14.3. The number of tetrazole rings is 1. The summed E-state index contributed by atoms with van der Waals surface area (Å²) in [6, 6.07) is 5.21. The smallest absolute Gasteiger partial charge is 0.227 e. The molecule has 2 aliphatic rings. The van der Waals surface area contributed by atoms with Crippen molar-refractivity contribution in [3.8, 4) is 0 Å². The number of likely N-dealkylation sites (tertiary alicyclic amines) is 1. The van der Waals surface area contributed by atoms with E-state index in [1.165, 1.54) is 12.8 Å². The van der Waals surface area contributed by atoms with E-state index in [1.807, 2.05) is 15.6 Å². The van der Waals surface area contributed by atoms with Crippen LogP contribution in [0.3, 0.4) is 0 Å². The lowest BCUT2D eigenvalue weighted by atomic mass is 10.1. The fourth-order valence-electron chi connectivity index (χ4n) is 3.72. The molecule has 26 heavy (non-hydrogen) atoms. The van der Waals surface area contributed by atoms with E-state index in [2.05, 4.69) is 20.4 Å². The molecule has 9 heteroatoms. The number of amides is 1. The highest BCUT2D eigenvalue weighted by Crippen LogP contribution is 2.27. The van der Waals surface area contributed by atoms with Crippen molar-refractivity contribution in [2.45, 2.75) is 31.8 Å². The van der Waals surface area contributed by atoms with E-state index in [0.717, 1.165) is 31.0 Å². The van der Waals surface area contributed by atoms with Gasteiger partial charge in [-0.15, -0.1) is 5.10 Å². The van der Waals surface area contributed by atoms with Crippen LogP contribution in [0.2, 0.25) is 10.0 Å². The summed E-state index contributed by atoms with van der Waals surface area (Å²) in [4.78, 5) is 17.3. The van der Waals surface area contributed by atoms with Crippen molar-refractivity contribution in [3.63, 3.8) is 0 Å². The predicted octanol–water partition coefficient (Wildman–Crippen LogP) is 2.20. The van der Waals surface area contributed by atoms with Crippen molar-refractivity contribution in [2.24, 2.45) is 0 Å². The van der Waals surface area contributed by atoms with Crippen LogP contribution < -0.4 is 0 Å². The summed E-state index contributed by atoms with van der Waals surface area (Å²) in [5.74, 6) is 0.826. The number of hydrogen-bond acceptors (Lipinski definition) is 5. The summed E-state index contributed by atoms with van der Waals surface area (Å²) in [5, 5.41) is 13.0. The molecule has 1 atom stereocenters. The van der Waals surface area contributed by atoms with Crippen molar-refractivity contribution >= 4 is 29.1 Å². The molecular weight excluding hydrogens is 375 g/mol. The molecule has 1 aromatic heterocycles. The van der Waals surface area contributed by atoms with Gasteiger partial charge in [-0.25, -0.2) is 4.68 Å². The Balaban J connectivity index is 1.54. The first-order valence-electron chi connectivity index (χ1n) is 8.83. The van der Waals surface area contributed by atoms with Gasteiger partial charge in [-0.3, -0.25) is 4.79 Å². The Morgan fingerprint density at radius 3 is 2.69 bits per heavy atom. The van der Waals surface area contributed by atoms with E-state index in [0.29, 0.717) is 23.1 Å². The van der Waals surface area contributed by atoms with Crippen molar-refractivity contribution < 1.29 is 4.79 Å². The van der Waals surface area contributed by atoms with Crippen LogP contribution in [-0.4, -0.2) is 62.1 Å². The maximum absolute atomic E-state index is 13.0. The number of aromatic nitrogens is 4. The normalized spacial score (nSPS) is 20.4. The number of hydrogen-bond donors (Lipinski definition) is 0. The van der Waals surface area contributed by atoms with E-state index < -0.39 is 0 Å². The molecule has 1 unspecified atom stereocenters. The molecule has 1 saturated heterocycles. The molecule has 1 fully saturated rings. The molecule has 7 nitrogen and oxygen atoms in total. The summed E-state index contributed by atoms with van der Waals surface area (Å²) in [6.07, 6.45) is 2.69. The van der Waals surface area contributed by atoms with Crippen LogP contribution >= 0.6 is 23.2 Å². The molecule has 2 aliphatic heterocycles. The number of rotatable bonds is 4. The second-order valence-electron chi connectivity index (χ2n) is 6.80. The zero-order valence-corrected chi connectivity index (χ0v) is 15.8. The van der Waals surface area contributed by atoms with Gasteiger partial charge in [0.15, 0.2) is 5.82 Å². The monoisotopic (exact) mass is 394 g/mol. The van der Waals surface area contributed by atoms with Gasteiger partial charge in [-0.1, -0.05) is 29.3 Å². The highest BCUT2D eigenvalue weighted by Gasteiger charge is 2.35. The molecule has 1 amide bonds. The van der Waals surface area contributed by atoms with Gasteiger partial charge in [0, 0.05) is 13.1 Å². The molecule has 1 aromatic carbocycles. The number of nitrogens with zero attached hydrogens (tertiary/aromatic N) is 6. The lowest BCUT2D eigenvalue weighted by molar-refractivity contribution is -0.134. The average molecular weight is 395 g/mol. The van der Waals surface area contributed by atoms with Crippen LogP contribution in [0.1, 0.15) is 30.3 Å². The minimum atomic E-state index is -0.118. The summed E-state index contributed by atoms with van der Waals surface area (Å²) in [7, 11) is 0. The molecule has 4 rings (SSSR count). The first-order valence-corrected chi connectivity index (χ1v) is 9.59. The van der Waals surface area contributed by atoms with E-state index in [9.17, 15) is 4.79 Å². The molecule has 0 N–H and O–H groups in total. The molecule has 0 saturated carbocycles. The van der Waals surface area contributed by atoms with E-state index in [4.69, 9.17) is 23.2 Å². The topological polar surface area (TPSA) is 67.2 Å². The first kappa shape index (κ1) is 17.7. The summed E-state index contributed by atoms with van der Waals surface area (Å²) in [6.45, 7) is 4.12. The van der Waals surface area contributed by atoms with Crippen LogP contribution in [0.25, 0.3) is 0 Å². The van der Waals surface area contributed by atoms with Crippen molar-refractivity contribution in [3.05, 3.63) is 39.6 Å². The highest BCUT2D eigenvalue weighted by atomic mass is 35.5. The molecular formula is C17H20Cl2N6O. The third-order valence-electron chi connectivity index (χ3n) is 5.08. The number of halogens is 2. The third-order valence-corrected chi connectivity index (χ3v) is 5.82. The van der Waals surface area contributed by atoms with Gasteiger partial charge in [0.05, 0.1) is 23.0 Å². The molecule has 138 valence electrons. The Bertz CT molecular complexity index is 804. The molecule has 0 aliphatic carbocycles. The third kappa shape index (κ3) is 3.56. The Kier molecular flexibility index (Phi) is 5.11. The Labute approximate surface area is 161 Å². The second kappa shape index (κ2) is 7.50. The Hall–Kier alpha value is -1.70. The standard InChI is InChI=1S/C17H20Cl2N6O/c18-13-4-3-12(9-14(13)19)10-16(26)24-7-8-25-17(20-21-22-25)15(24)11-23-5-1-2-6-23/h3-4,9,15H,1-2,5-8,10-11H2. The van der Waals surface area contributed by atoms with Gasteiger partial charge in [0.25, 0.3) is 0 Å². The number of carbonyl (C=O) groups is 1. The summed E-state index contributed by atoms with van der Waals surface area (Å²) in [5.41, 5.74) is 0.856. The van der Waals surface area contributed by atoms with E-state index in [1.54, 1.807) is 12.1 Å². The van der Waals surface area contributed by atoms with Gasteiger partial charge in [-0.05, 0) is 54.1 Å². The number of fused-ring (bicyclic) bond motifs is 1. The Morgan fingerprint density at radius 2 is 1.92 bits per heavy atom. The lowest BCUT2D eigenvalue weighted by Crippen LogP contribution is -2.47. The minimum Gasteiger partial charge on any atom is -0.329 e. The summed E-state index contributed by atoms with van der Waals surface area (Å²) < 4.78 is 1.81. The van der Waals surface area contributed by atoms with Crippen LogP contribution in [0.15, 0.2) is 18.2 Å². The molecule has 3 heterocycles. The van der Waals surface area contributed by atoms with Crippen molar-refractivity contribution in [2.75, 3.05) is 26.2 Å². The quantitative estimate of drug-likeness (QED) is 0.794. The van der Waals surface area contributed by atoms with E-state index in [-0.39, 0.29) is 18.4 Å². The average Bonchev–Trinajstić information content (AvgIpc) is 3.29. The SMILES string of the molecule is O=C(Cc1ccc(Cl)c(Cl)c1)N1CCn2nnnc2C1CN1CCCC1. The lowest BCUT2D eigenvalue weighted by Gasteiger charge is -2.36. The van der Waals surface area contributed by atoms with Crippen LogP contribution in [-0.2, 0) is 17.8 Å². The van der Waals surface area contributed by atoms with Gasteiger partial charge in [0.1, 0.15) is 6.04 Å². The van der Waals surface area contributed by atoms with Gasteiger partial charge in [-0.2, -0.15) is 0 Å². The maximum Gasteiger partial charge on any atom is 0.227 e. The second-order valence-corrected chi connectivity index (χ2v) is 7.61. The van der Waals surface area contributed by atoms with Gasteiger partial charge >= 0.3 is 0 Å². The number of benzene rings is 1. The van der Waals surface area contributed by atoms with Crippen LogP contribution in [0, 0.1) is 0 Å². The minimum absolute atomic E-state index is 0.0573. The van der Waals surface area contributed by atoms with Crippen molar-refractivity contribution in [1.82, 2.24) is 30.0 Å². The zero-order chi connectivity index (χ0) is 18.1. The maximum atomic E-state index is 13.0. The molecule has 0 spiro atoms. The van der Waals surface area contributed by atoms with E-state index >= 15 is 0 Å². The highest BCUT2D eigenvalue weighted by molar-refractivity contribution is 6.42. The fraction of sp³-hybridized carbons (Fsp3) is 0.529. The van der Waals surface area contributed by atoms with Gasteiger partial charge < -0.3 is 9.80 Å². The Morgan fingerprint density at radius 1 is 1.12 bits per heavy atom.